The molecule has 0 atom stereocenters. The number of furan rings is 1. The number of hydrogen-bond acceptors (Lipinski definition) is 4. The summed E-state index contributed by atoms with van der Waals surface area (Å²) in [7, 11) is 0. The van der Waals surface area contributed by atoms with Crippen LogP contribution in [0.15, 0.2) is 59.5 Å². The Hall–Kier alpha value is -3.55. The van der Waals surface area contributed by atoms with Gasteiger partial charge in [-0.05, 0) is 30.3 Å². The van der Waals surface area contributed by atoms with Gasteiger partial charge in [0.2, 0.25) is 0 Å². The molecule has 0 aliphatic carbocycles. The summed E-state index contributed by atoms with van der Waals surface area (Å²) in [6.07, 6.45) is 4.37. The number of amides is 1. The van der Waals surface area contributed by atoms with E-state index in [1.165, 1.54) is 23.2 Å². The molecular formula is C17H10F2N4O2. The van der Waals surface area contributed by atoms with Crippen LogP contribution in [0.2, 0.25) is 0 Å². The molecule has 8 heteroatoms. The highest BCUT2D eigenvalue weighted by Gasteiger charge is 2.18. The van der Waals surface area contributed by atoms with Gasteiger partial charge >= 0.3 is 0 Å². The van der Waals surface area contributed by atoms with Crippen molar-refractivity contribution in [2.24, 2.45) is 0 Å². The molecule has 0 bridgehead atoms. The highest BCUT2D eigenvalue weighted by atomic mass is 19.1. The number of anilines is 1. The SMILES string of the molecule is O=C(Nc1ccc(F)cc1F)c1cnn2c(-c3ccco3)ccnc12. The van der Waals surface area contributed by atoms with Gasteiger partial charge in [0.05, 0.1) is 18.1 Å². The van der Waals surface area contributed by atoms with Crippen LogP contribution >= 0.6 is 0 Å². The fourth-order valence-corrected chi connectivity index (χ4v) is 2.44. The van der Waals surface area contributed by atoms with E-state index in [2.05, 4.69) is 15.4 Å². The predicted molar refractivity (Wildman–Crippen MR) is 85.0 cm³/mol. The molecule has 0 saturated carbocycles. The second-order valence-electron chi connectivity index (χ2n) is 5.18. The minimum atomic E-state index is -0.867. The fraction of sp³-hybridized carbons (Fsp3) is 0. The van der Waals surface area contributed by atoms with Crippen LogP contribution < -0.4 is 5.32 Å². The lowest BCUT2D eigenvalue weighted by molar-refractivity contribution is 0.102. The van der Waals surface area contributed by atoms with Crippen molar-refractivity contribution < 1.29 is 18.0 Å². The van der Waals surface area contributed by atoms with Crippen molar-refractivity contribution in [2.45, 2.75) is 0 Å². The molecule has 4 rings (SSSR count). The Kier molecular flexibility index (Phi) is 3.50. The topological polar surface area (TPSA) is 72.4 Å². The van der Waals surface area contributed by atoms with E-state index in [-0.39, 0.29) is 16.9 Å². The zero-order valence-electron chi connectivity index (χ0n) is 12.6. The molecule has 0 unspecified atom stereocenters. The van der Waals surface area contributed by atoms with Crippen molar-refractivity contribution in [2.75, 3.05) is 5.32 Å². The highest BCUT2D eigenvalue weighted by molar-refractivity contribution is 6.08. The Bertz CT molecular complexity index is 1070. The lowest BCUT2D eigenvalue weighted by atomic mass is 10.2. The number of fused-ring (bicyclic) bond motifs is 1. The number of rotatable bonds is 3. The summed E-state index contributed by atoms with van der Waals surface area (Å²) < 4.78 is 33.5. The molecule has 0 saturated heterocycles. The number of nitrogens with one attached hydrogen (secondary N) is 1. The van der Waals surface area contributed by atoms with Crippen LogP contribution in [0.4, 0.5) is 14.5 Å². The molecule has 0 aliphatic rings. The first-order valence-electron chi connectivity index (χ1n) is 7.26. The Morgan fingerprint density at radius 2 is 2.08 bits per heavy atom. The van der Waals surface area contributed by atoms with Crippen LogP contribution in [0.25, 0.3) is 17.1 Å². The first kappa shape index (κ1) is 15.0. The Labute approximate surface area is 139 Å². The third kappa shape index (κ3) is 2.63. The van der Waals surface area contributed by atoms with Crippen molar-refractivity contribution in [3.05, 3.63) is 72.3 Å². The van der Waals surface area contributed by atoms with E-state index in [9.17, 15) is 13.6 Å². The molecule has 4 aromatic rings. The number of halogens is 2. The average Bonchev–Trinajstić information content (AvgIpc) is 3.26. The summed E-state index contributed by atoms with van der Waals surface area (Å²) in [6, 6.07) is 8.08. The number of carbonyl (C=O) groups is 1. The van der Waals surface area contributed by atoms with Gasteiger partial charge in [-0.25, -0.2) is 18.3 Å². The van der Waals surface area contributed by atoms with Gasteiger partial charge in [-0.15, -0.1) is 0 Å². The van der Waals surface area contributed by atoms with Crippen molar-refractivity contribution >= 4 is 17.2 Å². The van der Waals surface area contributed by atoms with Gasteiger partial charge in [-0.1, -0.05) is 0 Å². The van der Waals surface area contributed by atoms with Crippen molar-refractivity contribution in [3.8, 4) is 11.5 Å². The van der Waals surface area contributed by atoms with Crippen LogP contribution in [0.3, 0.4) is 0 Å². The molecule has 1 aromatic carbocycles. The third-order valence-electron chi connectivity index (χ3n) is 3.60. The molecular weight excluding hydrogens is 330 g/mol. The Morgan fingerprint density at radius 3 is 2.84 bits per heavy atom. The van der Waals surface area contributed by atoms with E-state index in [0.29, 0.717) is 17.5 Å². The zero-order chi connectivity index (χ0) is 17.4. The lowest BCUT2D eigenvalue weighted by Crippen LogP contribution is -2.13. The summed E-state index contributed by atoms with van der Waals surface area (Å²) >= 11 is 0. The van der Waals surface area contributed by atoms with Crippen LogP contribution in [0.5, 0.6) is 0 Å². The molecule has 6 nitrogen and oxygen atoms in total. The van der Waals surface area contributed by atoms with Gasteiger partial charge < -0.3 is 9.73 Å². The molecule has 1 amide bonds. The Balaban J connectivity index is 1.72. The minimum Gasteiger partial charge on any atom is -0.463 e. The van der Waals surface area contributed by atoms with E-state index in [0.717, 1.165) is 12.1 Å². The molecule has 124 valence electrons. The van der Waals surface area contributed by atoms with Crippen LogP contribution in [-0.2, 0) is 0 Å². The van der Waals surface area contributed by atoms with E-state index in [1.807, 2.05) is 0 Å². The van der Waals surface area contributed by atoms with Crippen LogP contribution in [0, 0.1) is 11.6 Å². The van der Waals surface area contributed by atoms with E-state index in [1.54, 1.807) is 18.2 Å². The van der Waals surface area contributed by atoms with Crippen molar-refractivity contribution in [1.82, 2.24) is 14.6 Å². The first-order chi connectivity index (χ1) is 12.1. The molecule has 3 heterocycles. The van der Waals surface area contributed by atoms with Gasteiger partial charge in [0.25, 0.3) is 5.91 Å². The van der Waals surface area contributed by atoms with Crippen LogP contribution in [-0.4, -0.2) is 20.5 Å². The summed E-state index contributed by atoms with van der Waals surface area (Å²) in [5.74, 6) is -1.64. The molecule has 1 N–H and O–H groups in total. The van der Waals surface area contributed by atoms with Gasteiger partial charge in [0, 0.05) is 12.3 Å². The van der Waals surface area contributed by atoms with Gasteiger partial charge in [-0.3, -0.25) is 4.79 Å². The summed E-state index contributed by atoms with van der Waals surface area (Å²) in [5.41, 5.74) is 0.918. The Morgan fingerprint density at radius 1 is 1.20 bits per heavy atom. The molecule has 0 aliphatic heterocycles. The summed E-state index contributed by atoms with van der Waals surface area (Å²) in [4.78, 5) is 16.6. The van der Waals surface area contributed by atoms with E-state index >= 15 is 0 Å². The maximum Gasteiger partial charge on any atom is 0.261 e. The molecule has 0 radical (unpaired) electrons. The monoisotopic (exact) mass is 340 g/mol. The highest BCUT2D eigenvalue weighted by Crippen LogP contribution is 2.22. The summed E-state index contributed by atoms with van der Waals surface area (Å²) in [5, 5.41) is 6.54. The molecule has 25 heavy (non-hydrogen) atoms. The number of carbonyl (C=O) groups excluding carboxylic acids is 1. The van der Waals surface area contributed by atoms with Crippen molar-refractivity contribution in [1.29, 1.82) is 0 Å². The standard InChI is InChI=1S/C17H10F2N4O2/c18-10-3-4-13(12(19)8-10)22-17(24)11-9-21-23-14(5-6-20-16(11)23)15-2-1-7-25-15/h1-9H,(H,22,24). The third-order valence-corrected chi connectivity index (χ3v) is 3.60. The average molecular weight is 340 g/mol. The molecule has 0 spiro atoms. The van der Waals surface area contributed by atoms with E-state index < -0.39 is 17.5 Å². The van der Waals surface area contributed by atoms with Gasteiger partial charge in [-0.2, -0.15) is 5.10 Å². The smallest absolute Gasteiger partial charge is 0.261 e. The van der Waals surface area contributed by atoms with Gasteiger partial charge in [0.1, 0.15) is 22.9 Å². The molecule has 0 fully saturated rings. The van der Waals surface area contributed by atoms with E-state index in [4.69, 9.17) is 4.42 Å². The molecule has 3 aromatic heterocycles. The zero-order valence-corrected chi connectivity index (χ0v) is 12.6. The quantitative estimate of drug-likeness (QED) is 0.619. The largest absolute Gasteiger partial charge is 0.463 e. The maximum atomic E-state index is 13.7. The van der Waals surface area contributed by atoms with Crippen molar-refractivity contribution in [3.63, 3.8) is 0 Å². The number of hydrogen-bond donors (Lipinski definition) is 1. The second-order valence-corrected chi connectivity index (χ2v) is 5.18. The number of nitrogens with zero attached hydrogens (tertiary/aromatic N) is 3. The van der Waals surface area contributed by atoms with Crippen LogP contribution in [0.1, 0.15) is 10.4 Å². The normalized spacial score (nSPS) is 11.0. The predicted octanol–water partition coefficient (Wildman–Crippen LogP) is 3.52. The minimum absolute atomic E-state index is 0.132. The number of benzene rings is 1. The lowest BCUT2D eigenvalue weighted by Gasteiger charge is -2.05. The summed E-state index contributed by atoms with van der Waals surface area (Å²) in [6.45, 7) is 0. The number of aromatic nitrogens is 3. The first-order valence-corrected chi connectivity index (χ1v) is 7.26. The second kappa shape index (κ2) is 5.82. The fourth-order valence-electron chi connectivity index (χ4n) is 2.44. The maximum absolute atomic E-state index is 13.7. The van der Waals surface area contributed by atoms with Gasteiger partial charge in [0.15, 0.2) is 11.4 Å².